The monoisotopic (exact) mass is 575 g/mol. The Kier molecular flexibility index (Phi) is 7.85. The summed E-state index contributed by atoms with van der Waals surface area (Å²) in [7, 11) is 1.70. The summed E-state index contributed by atoms with van der Waals surface area (Å²) in [5.41, 5.74) is 4.68. The van der Waals surface area contributed by atoms with Crippen LogP contribution < -0.4 is 14.5 Å². The smallest absolute Gasteiger partial charge is 0.410 e. The van der Waals surface area contributed by atoms with Crippen LogP contribution in [0.2, 0.25) is 0 Å². The van der Waals surface area contributed by atoms with Gasteiger partial charge in [-0.1, -0.05) is 0 Å². The summed E-state index contributed by atoms with van der Waals surface area (Å²) < 4.78 is 22.4. The molecule has 42 heavy (non-hydrogen) atoms. The van der Waals surface area contributed by atoms with E-state index in [1.807, 2.05) is 32.9 Å². The molecule has 3 aromatic rings. The van der Waals surface area contributed by atoms with E-state index in [-0.39, 0.29) is 11.5 Å². The van der Waals surface area contributed by atoms with Crippen LogP contribution in [0.3, 0.4) is 0 Å². The van der Waals surface area contributed by atoms with Crippen molar-refractivity contribution in [3.63, 3.8) is 0 Å². The van der Waals surface area contributed by atoms with Crippen molar-refractivity contribution >= 4 is 28.4 Å². The maximum Gasteiger partial charge on any atom is 0.410 e. The van der Waals surface area contributed by atoms with E-state index in [4.69, 9.17) is 28.9 Å². The lowest BCUT2D eigenvalue weighted by atomic mass is 9.85. The van der Waals surface area contributed by atoms with E-state index in [2.05, 4.69) is 34.1 Å². The highest BCUT2D eigenvalue weighted by Gasteiger charge is 2.44. The van der Waals surface area contributed by atoms with Crippen LogP contribution in [0.25, 0.3) is 22.3 Å². The van der Waals surface area contributed by atoms with Crippen LogP contribution >= 0.6 is 0 Å². The van der Waals surface area contributed by atoms with Crippen molar-refractivity contribution < 1.29 is 23.7 Å². The number of carbonyl (C=O) groups excluding carboxylic acids is 1. The quantitative estimate of drug-likeness (QED) is 0.401. The van der Waals surface area contributed by atoms with Crippen LogP contribution in [0.5, 0.6) is 5.75 Å². The molecule has 1 aromatic carbocycles. The SMILES string of the molecule is CN(CCOc1ccc(-c2cc(N3CCC4(COC4)C3)c3ccc(N4CCOCC4)cc3n2)nc1)C(=O)OC(C)(C)C. The summed E-state index contributed by atoms with van der Waals surface area (Å²) in [5.74, 6) is 0.637. The molecule has 6 rings (SSSR count). The Balaban J connectivity index is 1.21. The number of anilines is 2. The van der Waals surface area contributed by atoms with E-state index < -0.39 is 5.60 Å². The van der Waals surface area contributed by atoms with Gasteiger partial charge < -0.3 is 33.6 Å². The Morgan fingerprint density at radius 3 is 2.50 bits per heavy atom. The molecule has 0 bridgehead atoms. The molecule has 0 radical (unpaired) electrons. The fourth-order valence-corrected chi connectivity index (χ4v) is 5.73. The highest BCUT2D eigenvalue weighted by molar-refractivity contribution is 5.96. The van der Waals surface area contributed by atoms with Gasteiger partial charge in [-0.3, -0.25) is 4.98 Å². The van der Waals surface area contributed by atoms with E-state index in [1.54, 1.807) is 13.2 Å². The molecule has 0 aliphatic carbocycles. The molecule has 10 nitrogen and oxygen atoms in total. The number of fused-ring (bicyclic) bond motifs is 1. The minimum Gasteiger partial charge on any atom is -0.490 e. The molecule has 3 aliphatic rings. The van der Waals surface area contributed by atoms with Gasteiger partial charge in [0, 0.05) is 55.4 Å². The third-order valence-electron chi connectivity index (χ3n) is 8.14. The van der Waals surface area contributed by atoms with Gasteiger partial charge in [0.25, 0.3) is 0 Å². The number of pyridine rings is 2. The molecule has 1 amide bonds. The zero-order valence-electron chi connectivity index (χ0n) is 25.1. The number of ether oxygens (including phenoxy) is 4. The molecule has 0 N–H and O–H groups in total. The summed E-state index contributed by atoms with van der Waals surface area (Å²) in [5, 5.41) is 1.15. The molecule has 2 aromatic heterocycles. The lowest BCUT2D eigenvalue weighted by Crippen LogP contribution is -2.44. The minimum absolute atomic E-state index is 0.276. The molecule has 3 saturated heterocycles. The van der Waals surface area contributed by atoms with Crippen LogP contribution in [0.15, 0.2) is 42.6 Å². The standard InChI is InChI=1S/C32H41N5O5/c1-31(2,3)42-30(38)35(4)11-16-41-24-6-8-26(33-19-24)28-18-29(37-10-9-32(20-37)21-40-22-32)25-7-5-23(17-27(25)34-28)36-12-14-39-15-13-36/h5-8,17-19H,9-16,20-22H2,1-4H3. The van der Waals surface area contributed by atoms with Crippen LogP contribution in [0.4, 0.5) is 16.2 Å². The molecule has 0 unspecified atom stereocenters. The van der Waals surface area contributed by atoms with Crippen molar-refractivity contribution in [2.24, 2.45) is 5.41 Å². The lowest BCUT2D eigenvalue weighted by Gasteiger charge is -2.38. The van der Waals surface area contributed by atoms with E-state index in [0.717, 1.165) is 81.3 Å². The topological polar surface area (TPSA) is 89.5 Å². The average Bonchev–Trinajstić information content (AvgIpc) is 3.43. The van der Waals surface area contributed by atoms with Gasteiger partial charge in [0.2, 0.25) is 0 Å². The van der Waals surface area contributed by atoms with E-state index >= 15 is 0 Å². The van der Waals surface area contributed by atoms with Crippen LogP contribution in [-0.4, -0.2) is 99.4 Å². The summed E-state index contributed by atoms with van der Waals surface area (Å²) in [6, 6.07) is 12.6. The van der Waals surface area contributed by atoms with Crippen molar-refractivity contribution in [3.8, 4) is 17.1 Å². The number of nitrogens with zero attached hydrogens (tertiary/aromatic N) is 5. The van der Waals surface area contributed by atoms with Crippen molar-refractivity contribution in [2.75, 3.05) is 82.6 Å². The van der Waals surface area contributed by atoms with Gasteiger partial charge in [0.15, 0.2) is 0 Å². The first-order chi connectivity index (χ1) is 20.2. The average molecular weight is 576 g/mol. The fourth-order valence-electron chi connectivity index (χ4n) is 5.73. The van der Waals surface area contributed by atoms with Gasteiger partial charge in [-0.05, 0) is 63.6 Å². The van der Waals surface area contributed by atoms with Crippen molar-refractivity contribution in [3.05, 3.63) is 42.6 Å². The second-order valence-electron chi connectivity index (χ2n) is 12.6. The summed E-state index contributed by atoms with van der Waals surface area (Å²) >= 11 is 0. The second-order valence-corrected chi connectivity index (χ2v) is 12.6. The predicted molar refractivity (Wildman–Crippen MR) is 162 cm³/mol. The Labute approximate surface area is 247 Å². The molecule has 3 fully saturated rings. The Hall–Kier alpha value is -3.63. The fraction of sp³-hybridized carbons (Fsp3) is 0.531. The maximum absolute atomic E-state index is 12.2. The van der Waals surface area contributed by atoms with Gasteiger partial charge in [-0.2, -0.15) is 0 Å². The van der Waals surface area contributed by atoms with Gasteiger partial charge in [0.1, 0.15) is 18.0 Å². The first kappa shape index (κ1) is 28.5. The Bertz CT molecular complexity index is 1410. The zero-order chi connectivity index (χ0) is 29.3. The molecule has 1 spiro atoms. The van der Waals surface area contributed by atoms with Gasteiger partial charge in [0.05, 0.1) is 56.1 Å². The first-order valence-corrected chi connectivity index (χ1v) is 14.8. The summed E-state index contributed by atoms with van der Waals surface area (Å²) in [4.78, 5) is 28.4. The van der Waals surface area contributed by atoms with Gasteiger partial charge in [-0.25, -0.2) is 9.78 Å². The lowest BCUT2D eigenvalue weighted by molar-refractivity contribution is -0.0985. The number of carbonyl (C=O) groups is 1. The molecule has 0 saturated carbocycles. The molecule has 3 aliphatic heterocycles. The highest BCUT2D eigenvalue weighted by atomic mass is 16.6. The number of benzene rings is 1. The second kappa shape index (κ2) is 11.6. The number of hydrogen-bond donors (Lipinski definition) is 0. The Morgan fingerprint density at radius 1 is 1.02 bits per heavy atom. The van der Waals surface area contributed by atoms with Gasteiger partial charge in [-0.15, -0.1) is 0 Å². The van der Waals surface area contributed by atoms with Crippen LogP contribution in [-0.2, 0) is 14.2 Å². The molecular weight excluding hydrogens is 534 g/mol. The van der Waals surface area contributed by atoms with Crippen molar-refractivity contribution in [1.82, 2.24) is 14.9 Å². The van der Waals surface area contributed by atoms with E-state index in [1.165, 1.54) is 16.3 Å². The molecule has 5 heterocycles. The maximum atomic E-state index is 12.2. The Morgan fingerprint density at radius 2 is 1.83 bits per heavy atom. The molecule has 224 valence electrons. The molecule has 10 heteroatoms. The van der Waals surface area contributed by atoms with Gasteiger partial charge >= 0.3 is 6.09 Å². The number of amides is 1. The summed E-state index contributed by atoms with van der Waals surface area (Å²) in [6.45, 7) is 13.2. The predicted octanol–water partition coefficient (Wildman–Crippen LogP) is 4.61. The van der Waals surface area contributed by atoms with E-state index in [9.17, 15) is 4.79 Å². The normalized spacial score (nSPS) is 18.3. The zero-order valence-corrected chi connectivity index (χ0v) is 25.1. The van der Waals surface area contributed by atoms with E-state index in [0.29, 0.717) is 18.9 Å². The third-order valence-corrected chi connectivity index (χ3v) is 8.14. The number of morpholine rings is 1. The molecular formula is C32H41N5O5. The molecule has 0 atom stereocenters. The highest BCUT2D eigenvalue weighted by Crippen LogP contribution is 2.42. The minimum atomic E-state index is -0.533. The van der Waals surface area contributed by atoms with Crippen molar-refractivity contribution in [2.45, 2.75) is 32.8 Å². The number of aromatic nitrogens is 2. The number of rotatable bonds is 7. The number of hydrogen-bond acceptors (Lipinski definition) is 9. The van der Waals surface area contributed by atoms with Crippen LogP contribution in [0.1, 0.15) is 27.2 Å². The van der Waals surface area contributed by atoms with Crippen LogP contribution in [0, 0.1) is 5.41 Å². The largest absolute Gasteiger partial charge is 0.490 e. The summed E-state index contributed by atoms with van der Waals surface area (Å²) in [6.07, 6.45) is 2.49. The third kappa shape index (κ3) is 6.24. The number of likely N-dealkylation sites (N-methyl/N-ethyl adjacent to an activating group) is 1. The van der Waals surface area contributed by atoms with Crippen molar-refractivity contribution in [1.29, 1.82) is 0 Å². The first-order valence-electron chi connectivity index (χ1n) is 14.8.